The predicted octanol–water partition coefficient (Wildman–Crippen LogP) is 4.37. The molecule has 5 rings (SSSR count). The van der Waals surface area contributed by atoms with Crippen LogP contribution in [0.2, 0.25) is 0 Å². The molecule has 7 nitrogen and oxygen atoms in total. The van der Waals surface area contributed by atoms with Crippen LogP contribution in [-0.4, -0.2) is 43.1 Å². The quantitative estimate of drug-likeness (QED) is 0.575. The van der Waals surface area contributed by atoms with E-state index in [1.54, 1.807) is 12.1 Å². The minimum atomic E-state index is -0.0738. The summed E-state index contributed by atoms with van der Waals surface area (Å²) >= 11 is 0. The van der Waals surface area contributed by atoms with Gasteiger partial charge in [0.1, 0.15) is 0 Å². The molecule has 174 valence electrons. The zero-order valence-electron chi connectivity index (χ0n) is 18.8. The Hall–Kier alpha value is -3.84. The second-order valence-corrected chi connectivity index (χ2v) is 8.60. The van der Waals surface area contributed by atoms with Crippen LogP contribution in [0.5, 0.6) is 11.5 Å². The third-order valence-corrected chi connectivity index (χ3v) is 6.24. The second kappa shape index (κ2) is 9.97. The van der Waals surface area contributed by atoms with Gasteiger partial charge in [-0.3, -0.25) is 14.5 Å². The number of hydrogen-bond donors (Lipinski definition) is 2. The molecule has 0 unspecified atom stereocenters. The Balaban J connectivity index is 1.07. The van der Waals surface area contributed by atoms with Gasteiger partial charge in [0, 0.05) is 23.4 Å². The summed E-state index contributed by atoms with van der Waals surface area (Å²) in [7, 11) is 0. The van der Waals surface area contributed by atoms with Gasteiger partial charge in [0.15, 0.2) is 11.5 Å². The van der Waals surface area contributed by atoms with E-state index in [1.165, 1.54) is 0 Å². The summed E-state index contributed by atoms with van der Waals surface area (Å²) in [6.07, 6.45) is 1.44. The summed E-state index contributed by atoms with van der Waals surface area (Å²) in [4.78, 5) is 27.3. The molecule has 0 aliphatic carbocycles. The van der Waals surface area contributed by atoms with Gasteiger partial charge in [-0.05, 0) is 61.3 Å². The van der Waals surface area contributed by atoms with Gasteiger partial charge in [0.2, 0.25) is 18.6 Å². The molecule has 0 saturated carbocycles. The molecule has 3 aromatic carbocycles. The van der Waals surface area contributed by atoms with E-state index in [4.69, 9.17) is 9.47 Å². The lowest BCUT2D eigenvalue weighted by Gasteiger charge is -2.30. The molecule has 0 aromatic heterocycles. The number of nitrogens with zero attached hydrogens (tertiary/aromatic N) is 1. The smallest absolute Gasteiger partial charge is 0.238 e. The Morgan fingerprint density at radius 1 is 0.794 bits per heavy atom. The van der Waals surface area contributed by atoms with Crippen LogP contribution in [0.3, 0.4) is 0 Å². The van der Waals surface area contributed by atoms with Crippen LogP contribution >= 0.6 is 0 Å². The fourth-order valence-electron chi connectivity index (χ4n) is 4.35. The van der Waals surface area contributed by atoms with Gasteiger partial charge < -0.3 is 20.1 Å². The number of carbonyl (C=O) groups excluding carboxylic acids is 2. The molecule has 7 heteroatoms. The molecule has 1 saturated heterocycles. The van der Waals surface area contributed by atoms with Crippen molar-refractivity contribution in [3.63, 3.8) is 0 Å². The molecule has 34 heavy (non-hydrogen) atoms. The third kappa shape index (κ3) is 5.21. The number of piperidine rings is 1. The van der Waals surface area contributed by atoms with Crippen LogP contribution in [0, 0.1) is 5.92 Å². The number of likely N-dealkylation sites (tertiary alicyclic amines) is 1. The zero-order valence-corrected chi connectivity index (χ0v) is 18.8. The van der Waals surface area contributed by atoms with Crippen molar-refractivity contribution in [1.29, 1.82) is 0 Å². The Bertz CT molecular complexity index is 1160. The summed E-state index contributed by atoms with van der Waals surface area (Å²) < 4.78 is 10.7. The van der Waals surface area contributed by atoms with Gasteiger partial charge in [-0.2, -0.15) is 0 Å². The van der Waals surface area contributed by atoms with E-state index < -0.39 is 0 Å². The van der Waals surface area contributed by atoms with E-state index in [9.17, 15) is 9.59 Å². The van der Waals surface area contributed by atoms with Crippen LogP contribution in [0.1, 0.15) is 12.8 Å². The Morgan fingerprint density at radius 2 is 1.47 bits per heavy atom. The number of anilines is 2. The number of carbonyl (C=O) groups is 2. The molecule has 0 spiro atoms. The number of ether oxygens (including phenoxy) is 2. The van der Waals surface area contributed by atoms with Crippen LogP contribution in [0.15, 0.2) is 72.8 Å². The average Bonchev–Trinajstić information content (AvgIpc) is 3.33. The zero-order chi connectivity index (χ0) is 23.3. The highest BCUT2D eigenvalue weighted by atomic mass is 16.7. The number of nitrogens with one attached hydrogen (secondary N) is 2. The number of amides is 2. The van der Waals surface area contributed by atoms with Crippen molar-refractivity contribution < 1.29 is 19.1 Å². The first-order chi connectivity index (χ1) is 16.6. The van der Waals surface area contributed by atoms with Crippen molar-refractivity contribution in [3.8, 4) is 22.6 Å². The molecule has 0 bridgehead atoms. The van der Waals surface area contributed by atoms with Crippen molar-refractivity contribution in [2.24, 2.45) is 5.92 Å². The minimum Gasteiger partial charge on any atom is -0.454 e. The highest BCUT2D eigenvalue weighted by Crippen LogP contribution is 2.34. The summed E-state index contributed by atoms with van der Waals surface area (Å²) in [5.41, 5.74) is 3.74. The van der Waals surface area contributed by atoms with Crippen molar-refractivity contribution >= 4 is 23.2 Å². The molecule has 2 aliphatic rings. The van der Waals surface area contributed by atoms with Crippen molar-refractivity contribution in [1.82, 2.24) is 4.90 Å². The van der Waals surface area contributed by atoms with E-state index in [2.05, 4.69) is 27.7 Å². The molecule has 1 fully saturated rings. The normalized spacial score (nSPS) is 15.6. The summed E-state index contributed by atoms with van der Waals surface area (Å²) in [6, 6.07) is 23.4. The molecular weight excluding hydrogens is 430 g/mol. The van der Waals surface area contributed by atoms with Crippen molar-refractivity contribution in [2.45, 2.75) is 12.8 Å². The third-order valence-electron chi connectivity index (χ3n) is 6.24. The van der Waals surface area contributed by atoms with Crippen LogP contribution in [0.25, 0.3) is 11.1 Å². The van der Waals surface area contributed by atoms with Gasteiger partial charge >= 0.3 is 0 Å². The van der Waals surface area contributed by atoms with E-state index in [1.807, 2.05) is 48.5 Å². The predicted molar refractivity (Wildman–Crippen MR) is 131 cm³/mol. The maximum Gasteiger partial charge on any atom is 0.238 e. The lowest BCUT2D eigenvalue weighted by molar-refractivity contribution is -0.121. The molecule has 2 N–H and O–H groups in total. The summed E-state index contributed by atoms with van der Waals surface area (Å²) in [5.74, 6) is 1.22. The number of hydrogen-bond acceptors (Lipinski definition) is 5. The molecular formula is C27H27N3O4. The largest absolute Gasteiger partial charge is 0.454 e. The van der Waals surface area contributed by atoms with Crippen LogP contribution < -0.4 is 20.1 Å². The lowest BCUT2D eigenvalue weighted by Crippen LogP contribution is -2.41. The summed E-state index contributed by atoms with van der Waals surface area (Å²) in [6.45, 7) is 1.94. The molecule has 0 radical (unpaired) electrons. The molecule has 3 aromatic rings. The first-order valence-electron chi connectivity index (χ1n) is 11.5. The number of rotatable bonds is 6. The van der Waals surface area contributed by atoms with Gasteiger partial charge in [-0.1, -0.05) is 42.5 Å². The second-order valence-electron chi connectivity index (χ2n) is 8.60. The Labute approximate surface area is 198 Å². The van der Waals surface area contributed by atoms with E-state index in [0.29, 0.717) is 36.8 Å². The van der Waals surface area contributed by atoms with Crippen LogP contribution in [-0.2, 0) is 9.59 Å². The minimum absolute atomic E-state index is 0.00136. The van der Waals surface area contributed by atoms with Gasteiger partial charge in [-0.15, -0.1) is 0 Å². The maximum atomic E-state index is 12.7. The topological polar surface area (TPSA) is 79.9 Å². The summed E-state index contributed by atoms with van der Waals surface area (Å²) in [5, 5.41) is 5.95. The molecule has 2 amide bonds. The fraction of sp³-hybridized carbons (Fsp3) is 0.259. The van der Waals surface area contributed by atoms with E-state index in [-0.39, 0.29) is 24.5 Å². The highest BCUT2D eigenvalue weighted by molar-refractivity contribution is 5.93. The fourth-order valence-corrected chi connectivity index (χ4v) is 4.35. The first-order valence-corrected chi connectivity index (χ1v) is 11.5. The Morgan fingerprint density at radius 3 is 2.24 bits per heavy atom. The van der Waals surface area contributed by atoms with Crippen LogP contribution in [0.4, 0.5) is 11.4 Å². The highest BCUT2D eigenvalue weighted by Gasteiger charge is 2.26. The van der Waals surface area contributed by atoms with Crippen molar-refractivity contribution in [3.05, 3.63) is 72.8 Å². The Kier molecular flexibility index (Phi) is 6.44. The average molecular weight is 458 g/mol. The van der Waals surface area contributed by atoms with Gasteiger partial charge in [0.25, 0.3) is 0 Å². The SMILES string of the molecule is O=C(CN1CCC(C(=O)Nc2ccc3c(c2)OCO3)CC1)Nc1ccc(-c2ccccc2)cc1. The standard InChI is InChI=1S/C27H27N3O4/c31-26(28-22-8-6-20(7-9-22)19-4-2-1-3-5-19)17-30-14-12-21(13-15-30)27(32)29-23-10-11-24-25(16-23)34-18-33-24/h1-11,16,21H,12-15,17-18H2,(H,28,31)(H,29,32). The van der Waals surface area contributed by atoms with E-state index >= 15 is 0 Å². The number of fused-ring (bicyclic) bond motifs is 1. The van der Waals surface area contributed by atoms with Gasteiger partial charge in [0.05, 0.1) is 6.54 Å². The monoisotopic (exact) mass is 457 g/mol. The van der Waals surface area contributed by atoms with Crippen molar-refractivity contribution in [2.75, 3.05) is 37.1 Å². The maximum absolute atomic E-state index is 12.7. The van der Waals surface area contributed by atoms with Gasteiger partial charge in [-0.25, -0.2) is 0 Å². The molecule has 2 heterocycles. The first kappa shape index (κ1) is 22.0. The lowest BCUT2D eigenvalue weighted by atomic mass is 9.95. The van der Waals surface area contributed by atoms with E-state index in [0.717, 1.165) is 29.7 Å². The number of benzene rings is 3. The molecule has 0 atom stereocenters. The molecule has 2 aliphatic heterocycles.